The fraction of sp³-hybridized carbons (Fsp3) is 0.100. The van der Waals surface area contributed by atoms with Gasteiger partial charge in [-0.1, -0.05) is 12.1 Å². The topological polar surface area (TPSA) is 106 Å². The van der Waals surface area contributed by atoms with Crippen LogP contribution in [0.4, 0.5) is 4.39 Å². The first-order chi connectivity index (χ1) is 13.7. The van der Waals surface area contributed by atoms with Crippen molar-refractivity contribution < 1.29 is 4.39 Å². The van der Waals surface area contributed by atoms with Crippen molar-refractivity contribution >= 4 is 34.0 Å². The number of nitrogens with one attached hydrogen (secondary N) is 3. The maximum Gasteiger partial charge on any atom is 0.148 e. The third-order valence-corrected chi connectivity index (χ3v) is 4.35. The van der Waals surface area contributed by atoms with Crippen LogP contribution in [-0.4, -0.2) is 32.3 Å². The van der Waals surface area contributed by atoms with Gasteiger partial charge >= 0.3 is 0 Å². The molecule has 4 aromatic rings. The number of fused-ring (bicyclic) bond motifs is 3. The van der Waals surface area contributed by atoms with E-state index in [4.69, 9.17) is 10.7 Å². The van der Waals surface area contributed by atoms with Crippen molar-refractivity contribution in [2.24, 2.45) is 0 Å². The lowest BCUT2D eigenvalue weighted by Crippen LogP contribution is -2.11. The Morgan fingerprint density at radius 1 is 1.36 bits per heavy atom. The number of aromatic amines is 1. The molecule has 8 heteroatoms. The minimum Gasteiger partial charge on any atom is -0.388 e. The molecular formula is C20H16FN7. The fourth-order valence-electron chi connectivity index (χ4n) is 3.12. The van der Waals surface area contributed by atoms with Gasteiger partial charge in [-0.2, -0.15) is 5.26 Å². The van der Waals surface area contributed by atoms with Crippen molar-refractivity contribution in [2.75, 3.05) is 6.54 Å². The second kappa shape index (κ2) is 7.32. The molecule has 7 nitrogen and oxygen atoms in total. The van der Waals surface area contributed by atoms with Crippen LogP contribution in [0.1, 0.15) is 6.42 Å². The number of rotatable bonds is 6. The Hall–Kier alpha value is -3.99. The maximum atomic E-state index is 14.6. The lowest BCUT2D eigenvalue weighted by atomic mass is 10.2. The van der Waals surface area contributed by atoms with Crippen LogP contribution >= 0.6 is 0 Å². The summed E-state index contributed by atoms with van der Waals surface area (Å²) in [4.78, 5) is 12.0. The fourth-order valence-corrected chi connectivity index (χ4v) is 3.12. The maximum absolute atomic E-state index is 14.6. The molecule has 0 aliphatic rings. The van der Waals surface area contributed by atoms with Gasteiger partial charge in [0.25, 0.3) is 0 Å². The molecule has 0 radical (unpaired) electrons. The molecule has 3 heterocycles. The first kappa shape index (κ1) is 17.4. The van der Waals surface area contributed by atoms with Crippen LogP contribution in [0.25, 0.3) is 39.2 Å². The quantitative estimate of drug-likeness (QED) is 0.354. The highest BCUT2D eigenvalue weighted by Crippen LogP contribution is 2.32. The molecule has 3 aromatic heterocycles. The van der Waals surface area contributed by atoms with E-state index < -0.39 is 5.82 Å². The number of nitrogens with zero attached hydrogens (tertiary/aromatic N) is 4. The molecule has 0 amide bonds. The van der Waals surface area contributed by atoms with Crippen LogP contribution in [0.3, 0.4) is 0 Å². The minimum absolute atomic E-state index is 0.326. The van der Waals surface area contributed by atoms with E-state index in [1.165, 1.54) is 12.3 Å². The lowest BCUT2D eigenvalue weighted by Gasteiger charge is -2.11. The molecule has 0 bridgehead atoms. The number of hydrogen-bond donors (Lipinski definition) is 3. The predicted octanol–water partition coefficient (Wildman–Crippen LogP) is 3.67. The summed E-state index contributed by atoms with van der Waals surface area (Å²) in [5.41, 5.74) is 2.78. The van der Waals surface area contributed by atoms with Crippen LogP contribution in [0.15, 0.2) is 48.9 Å². The Labute approximate surface area is 159 Å². The zero-order valence-electron chi connectivity index (χ0n) is 14.8. The summed E-state index contributed by atoms with van der Waals surface area (Å²) < 4.78 is 16.3. The molecule has 0 aliphatic heterocycles. The van der Waals surface area contributed by atoms with Crippen molar-refractivity contribution in [2.45, 2.75) is 6.42 Å². The number of imidazole rings is 1. The van der Waals surface area contributed by atoms with Gasteiger partial charge in [0.05, 0.1) is 35.5 Å². The summed E-state index contributed by atoms with van der Waals surface area (Å²) >= 11 is 0. The first-order valence-corrected chi connectivity index (χ1v) is 8.65. The molecule has 0 saturated carbocycles. The van der Waals surface area contributed by atoms with Gasteiger partial charge < -0.3 is 15.7 Å². The normalized spacial score (nSPS) is 11.6. The molecular weight excluding hydrogens is 357 g/mol. The minimum atomic E-state index is -0.404. The first-order valence-electron chi connectivity index (χ1n) is 8.65. The van der Waals surface area contributed by atoms with Gasteiger partial charge in [-0.15, -0.1) is 0 Å². The second-order valence-electron chi connectivity index (χ2n) is 6.06. The van der Waals surface area contributed by atoms with E-state index in [0.717, 1.165) is 10.9 Å². The number of hydrogen-bond acceptors (Lipinski definition) is 5. The Morgan fingerprint density at radius 3 is 3.00 bits per heavy atom. The van der Waals surface area contributed by atoms with Crippen LogP contribution in [0.2, 0.25) is 0 Å². The van der Waals surface area contributed by atoms with Crippen molar-refractivity contribution in [3.05, 3.63) is 54.7 Å². The zero-order chi connectivity index (χ0) is 19.5. The zero-order valence-corrected chi connectivity index (χ0v) is 14.8. The van der Waals surface area contributed by atoms with Crippen molar-refractivity contribution in [1.29, 1.82) is 10.7 Å². The molecule has 1 aromatic carbocycles. The summed E-state index contributed by atoms with van der Waals surface area (Å²) in [6, 6.07) is 10.3. The third kappa shape index (κ3) is 2.89. The molecule has 0 aliphatic carbocycles. The van der Waals surface area contributed by atoms with Gasteiger partial charge in [-0.05, 0) is 18.2 Å². The molecule has 4 rings (SSSR count). The molecule has 0 fully saturated rings. The van der Waals surface area contributed by atoms with Crippen molar-refractivity contribution in [3.63, 3.8) is 0 Å². The average molecular weight is 373 g/mol. The van der Waals surface area contributed by atoms with Crippen molar-refractivity contribution in [1.82, 2.24) is 24.8 Å². The van der Waals surface area contributed by atoms with Crippen LogP contribution in [0.5, 0.6) is 0 Å². The number of H-pyrrole nitrogens is 1. The number of nitriles is 1. The Morgan fingerprint density at radius 2 is 2.21 bits per heavy atom. The number of benzene rings is 1. The van der Waals surface area contributed by atoms with Crippen LogP contribution < -0.4 is 5.32 Å². The largest absolute Gasteiger partial charge is 0.388 e. The highest BCUT2D eigenvalue weighted by atomic mass is 19.1. The average Bonchev–Trinajstić information content (AvgIpc) is 3.32. The number of aromatic nitrogens is 4. The molecule has 28 heavy (non-hydrogen) atoms. The summed E-state index contributed by atoms with van der Waals surface area (Å²) in [6.07, 6.45) is 6.53. The van der Waals surface area contributed by atoms with Gasteiger partial charge in [0.2, 0.25) is 0 Å². The van der Waals surface area contributed by atoms with Gasteiger partial charge in [-0.3, -0.25) is 4.57 Å². The second-order valence-corrected chi connectivity index (χ2v) is 6.06. The Balaban J connectivity index is 2.01. The molecule has 0 spiro atoms. The molecule has 0 saturated heterocycles. The van der Waals surface area contributed by atoms with Crippen LogP contribution in [0, 0.1) is 22.6 Å². The molecule has 0 atom stereocenters. The summed E-state index contributed by atoms with van der Waals surface area (Å²) in [7, 11) is 0. The van der Waals surface area contributed by atoms with Gasteiger partial charge in [-0.25, -0.2) is 14.4 Å². The van der Waals surface area contributed by atoms with Gasteiger partial charge in [0, 0.05) is 30.5 Å². The molecule has 0 unspecified atom stereocenters. The van der Waals surface area contributed by atoms with E-state index in [0.29, 0.717) is 41.2 Å². The van der Waals surface area contributed by atoms with Gasteiger partial charge in [0.15, 0.2) is 0 Å². The standard InChI is InChI=1S/C20H16FN7/c21-16-5-2-1-4-14(16)20-27-17-12-26-19-15(6-9-25-19)18(17)28(20)13(10-23)11-24-8-3-7-22/h1-2,4-6,9-12,23-24H,3,8H2,(H,25,26)/b13-11+,23-10?. The van der Waals surface area contributed by atoms with E-state index >= 15 is 0 Å². The number of halogens is 1. The smallest absolute Gasteiger partial charge is 0.148 e. The van der Waals surface area contributed by atoms with E-state index in [1.54, 1.807) is 41.4 Å². The third-order valence-electron chi connectivity index (χ3n) is 4.35. The number of pyridine rings is 1. The van der Waals surface area contributed by atoms with E-state index in [2.05, 4.69) is 26.3 Å². The van der Waals surface area contributed by atoms with E-state index in [-0.39, 0.29) is 0 Å². The molecule has 3 N–H and O–H groups in total. The van der Waals surface area contributed by atoms with Crippen molar-refractivity contribution in [3.8, 4) is 17.5 Å². The summed E-state index contributed by atoms with van der Waals surface area (Å²) in [6.45, 7) is 0.441. The number of allylic oxidation sites excluding steroid dienone is 1. The van der Waals surface area contributed by atoms with E-state index in [1.807, 2.05) is 6.07 Å². The van der Waals surface area contributed by atoms with E-state index in [9.17, 15) is 4.39 Å². The monoisotopic (exact) mass is 373 g/mol. The SMILES string of the molecule is N#CCCN/C=C(\C=N)n1c(-c2ccccc2F)nc2cnc3[nH]ccc3c21. The predicted molar refractivity (Wildman–Crippen MR) is 106 cm³/mol. The Bertz CT molecular complexity index is 1240. The highest BCUT2D eigenvalue weighted by Gasteiger charge is 2.20. The highest BCUT2D eigenvalue weighted by molar-refractivity contribution is 6.10. The molecule has 138 valence electrons. The summed E-state index contributed by atoms with van der Waals surface area (Å²) in [5, 5.41) is 20.5. The summed E-state index contributed by atoms with van der Waals surface area (Å²) in [5.74, 6) is -0.0282. The Kier molecular flexibility index (Phi) is 4.56. The van der Waals surface area contributed by atoms with Crippen LogP contribution in [-0.2, 0) is 0 Å². The lowest BCUT2D eigenvalue weighted by molar-refractivity contribution is 0.630. The van der Waals surface area contributed by atoms with Gasteiger partial charge in [0.1, 0.15) is 22.8 Å².